The minimum atomic E-state index is -4.72. The van der Waals surface area contributed by atoms with Gasteiger partial charge in [-0.25, -0.2) is 17.6 Å². The van der Waals surface area contributed by atoms with Crippen molar-refractivity contribution in [3.63, 3.8) is 0 Å². The van der Waals surface area contributed by atoms with E-state index in [-0.39, 0.29) is 6.92 Å². The van der Waals surface area contributed by atoms with Crippen LogP contribution in [0.3, 0.4) is 0 Å². The van der Waals surface area contributed by atoms with Gasteiger partial charge in [0.05, 0.1) is 0 Å². The largest absolute Gasteiger partial charge is 0.319 e. The van der Waals surface area contributed by atoms with Crippen molar-refractivity contribution in [2.75, 3.05) is 0 Å². The van der Waals surface area contributed by atoms with Crippen LogP contribution in [0.1, 0.15) is 27.2 Å². The lowest BCUT2D eigenvalue weighted by Gasteiger charge is -2.37. The van der Waals surface area contributed by atoms with E-state index in [1.54, 1.807) is 0 Å². The molecule has 0 aromatic heterocycles. The van der Waals surface area contributed by atoms with Gasteiger partial charge < -0.3 is 0 Å². The third-order valence-corrected chi connectivity index (χ3v) is 2.34. The van der Waals surface area contributed by atoms with Gasteiger partial charge in [0.25, 0.3) is 6.43 Å². The lowest BCUT2D eigenvalue weighted by Crippen LogP contribution is -2.58. The van der Waals surface area contributed by atoms with Gasteiger partial charge in [-0.2, -0.15) is 8.78 Å². The summed E-state index contributed by atoms with van der Waals surface area (Å²) in [5.41, 5.74) is -7.44. The van der Waals surface area contributed by atoms with Crippen LogP contribution in [-0.2, 0) is 0 Å². The van der Waals surface area contributed by atoms with E-state index < -0.39 is 30.1 Å². The molecule has 0 aromatic carbocycles. The van der Waals surface area contributed by atoms with E-state index >= 15 is 0 Å². The molecule has 0 aromatic rings. The highest BCUT2D eigenvalue weighted by Gasteiger charge is 2.67. The summed E-state index contributed by atoms with van der Waals surface area (Å²) in [5, 5.41) is 0. The van der Waals surface area contributed by atoms with E-state index in [9.17, 15) is 26.3 Å². The molecule has 0 radical (unpaired) electrons. The predicted octanol–water partition coefficient (Wildman–Crippen LogP) is 3.75. The summed E-state index contributed by atoms with van der Waals surface area (Å²) in [6.45, 7) is 1.45. The number of halogens is 6. The standard InChI is InChI=1S/C8H12F6/c1-4-6(2,11)8(13,14)7(3,12)5(9)10/h5H,4H2,1-3H3. The van der Waals surface area contributed by atoms with E-state index in [1.807, 2.05) is 0 Å². The molecule has 0 heterocycles. The summed E-state index contributed by atoms with van der Waals surface area (Å²) in [4.78, 5) is 0. The Morgan fingerprint density at radius 2 is 1.36 bits per heavy atom. The fourth-order valence-electron chi connectivity index (χ4n) is 0.869. The second kappa shape index (κ2) is 3.62. The van der Waals surface area contributed by atoms with E-state index in [0.717, 1.165) is 6.92 Å². The molecule has 0 spiro atoms. The third-order valence-electron chi connectivity index (χ3n) is 2.34. The van der Waals surface area contributed by atoms with Crippen molar-refractivity contribution in [3.05, 3.63) is 0 Å². The van der Waals surface area contributed by atoms with Gasteiger partial charge in [-0.1, -0.05) is 6.92 Å². The van der Waals surface area contributed by atoms with Crippen LogP contribution in [0.25, 0.3) is 0 Å². The van der Waals surface area contributed by atoms with Gasteiger partial charge >= 0.3 is 5.92 Å². The minimum Gasteiger partial charge on any atom is -0.237 e. The molecule has 0 saturated heterocycles. The maximum absolute atomic E-state index is 13.1. The van der Waals surface area contributed by atoms with E-state index in [0.29, 0.717) is 6.92 Å². The zero-order valence-electron chi connectivity index (χ0n) is 8.05. The van der Waals surface area contributed by atoms with E-state index in [4.69, 9.17) is 0 Å². The number of rotatable bonds is 4. The first-order valence-electron chi connectivity index (χ1n) is 4.04. The summed E-state index contributed by atoms with van der Waals surface area (Å²) in [6, 6.07) is 0. The Labute approximate surface area is 78.3 Å². The van der Waals surface area contributed by atoms with Crippen LogP contribution in [0.5, 0.6) is 0 Å². The van der Waals surface area contributed by atoms with Gasteiger partial charge in [0.15, 0.2) is 5.67 Å². The van der Waals surface area contributed by atoms with E-state index in [2.05, 4.69) is 0 Å². The Morgan fingerprint density at radius 3 is 1.57 bits per heavy atom. The van der Waals surface area contributed by atoms with Crippen molar-refractivity contribution in [1.82, 2.24) is 0 Å². The van der Waals surface area contributed by atoms with Gasteiger partial charge in [-0.15, -0.1) is 0 Å². The molecule has 2 unspecified atom stereocenters. The first kappa shape index (κ1) is 13.6. The molecule has 0 fully saturated rings. The van der Waals surface area contributed by atoms with Crippen LogP contribution in [0, 0.1) is 0 Å². The highest BCUT2D eigenvalue weighted by Crippen LogP contribution is 2.47. The van der Waals surface area contributed by atoms with Crippen LogP contribution >= 0.6 is 0 Å². The molecule has 86 valence electrons. The molecule has 0 N–H and O–H groups in total. The third kappa shape index (κ3) is 1.83. The second-order valence-corrected chi connectivity index (χ2v) is 3.50. The average Bonchev–Trinajstić information content (AvgIpc) is 2.03. The molecule has 0 bridgehead atoms. The van der Waals surface area contributed by atoms with Crippen molar-refractivity contribution in [2.24, 2.45) is 0 Å². The number of hydrogen-bond acceptors (Lipinski definition) is 0. The first-order chi connectivity index (χ1) is 6.00. The molecule has 2 atom stereocenters. The summed E-state index contributed by atoms with van der Waals surface area (Å²) in [5.74, 6) is -4.72. The Morgan fingerprint density at radius 1 is 1.00 bits per heavy atom. The molecule has 0 rings (SSSR count). The van der Waals surface area contributed by atoms with Crippen LogP contribution in [-0.4, -0.2) is 23.7 Å². The first-order valence-corrected chi connectivity index (χ1v) is 4.04. The predicted molar refractivity (Wildman–Crippen MR) is 40.3 cm³/mol. The van der Waals surface area contributed by atoms with Gasteiger partial charge in [-0.05, 0) is 20.3 Å². The molecular weight excluding hydrogens is 210 g/mol. The molecule has 0 saturated carbocycles. The van der Waals surface area contributed by atoms with Crippen LogP contribution in [0.4, 0.5) is 26.3 Å². The fraction of sp³-hybridized carbons (Fsp3) is 1.00. The van der Waals surface area contributed by atoms with Crippen molar-refractivity contribution in [1.29, 1.82) is 0 Å². The minimum absolute atomic E-state index is 0.00512. The van der Waals surface area contributed by atoms with Crippen LogP contribution < -0.4 is 0 Å². The van der Waals surface area contributed by atoms with Crippen LogP contribution in [0.15, 0.2) is 0 Å². The summed E-state index contributed by atoms with van der Waals surface area (Å²) >= 11 is 0. The van der Waals surface area contributed by atoms with Crippen molar-refractivity contribution >= 4 is 0 Å². The zero-order valence-corrected chi connectivity index (χ0v) is 8.05. The quantitative estimate of drug-likeness (QED) is 0.635. The Balaban J connectivity index is 5.14. The summed E-state index contributed by atoms with van der Waals surface area (Å²) in [7, 11) is 0. The van der Waals surface area contributed by atoms with Gasteiger partial charge in [0, 0.05) is 0 Å². The van der Waals surface area contributed by atoms with Crippen molar-refractivity contribution < 1.29 is 26.3 Å². The average molecular weight is 222 g/mol. The monoisotopic (exact) mass is 222 g/mol. The van der Waals surface area contributed by atoms with Crippen LogP contribution in [0.2, 0.25) is 0 Å². The normalized spacial score (nSPS) is 21.9. The molecule has 0 aliphatic carbocycles. The Kier molecular flexibility index (Phi) is 3.51. The van der Waals surface area contributed by atoms with E-state index in [1.165, 1.54) is 0 Å². The fourth-order valence-corrected chi connectivity index (χ4v) is 0.869. The molecule has 0 nitrogen and oxygen atoms in total. The molecule has 0 aliphatic rings. The Hall–Kier alpha value is -0.420. The molecule has 0 aliphatic heterocycles. The van der Waals surface area contributed by atoms with Gasteiger partial charge in [0.2, 0.25) is 5.67 Å². The molecule has 6 heteroatoms. The van der Waals surface area contributed by atoms with Gasteiger partial charge in [-0.3, -0.25) is 0 Å². The maximum atomic E-state index is 13.1. The Bertz CT molecular complexity index is 196. The molecule has 14 heavy (non-hydrogen) atoms. The maximum Gasteiger partial charge on any atom is 0.319 e. The second-order valence-electron chi connectivity index (χ2n) is 3.50. The smallest absolute Gasteiger partial charge is 0.237 e. The number of alkyl halides is 6. The molecular formula is C8H12F6. The number of hydrogen-bond donors (Lipinski definition) is 0. The summed E-state index contributed by atoms with van der Waals surface area (Å²) in [6.07, 6.45) is -4.68. The summed E-state index contributed by atoms with van der Waals surface area (Å²) < 4.78 is 76.0. The highest BCUT2D eigenvalue weighted by atomic mass is 19.3. The zero-order chi connectivity index (χ0) is 11.8. The SMILES string of the molecule is CCC(C)(F)C(F)(F)C(C)(F)C(F)F. The lowest BCUT2D eigenvalue weighted by molar-refractivity contribution is -0.248. The highest BCUT2D eigenvalue weighted by molar-refractivity contribution is 5.03. The van der Waals surface area contributed by atoms with Crippen molar-refractivity contribution in [2.45, 2.75) is 50.9 Å². The lowest BCUT2D eigenvalue weighted by atomic mass is 9.85. The topological polar surface area (TPSA) is 0 Å². The van der Waals surface area contributed by atoms with Gasteiger partial charge in [0.1, 0.15) is 0 Å². The van der Waals surface area contributed by atoms with Crippen molar-refractivity contribution in [3.8, 4) is 0 Å². The molecule has 0 amide bonds.